The molecule has 0 saturated carbocycles. The molecule has 2 aliphatic rings. The van der Waals surface area contributed by atoms with Crippen LogP contribution in [0.2, 0.25) is 0 Å². The molecule has 6 nitrogen and oxygen atoms in total. The van der Waals surface area contributed by atoms with Gasteiger partial charge >= 0.3 is 0 Å². The molecule has 1 amide bonds. The van der Waals surface area contributed by atoms with Gasteiger partial charge in [0.2, 0.25) is 5.91 Å². The maximum absolute atomic E-state index is 12.6. The number of likely N-dealkylation sites (tertiary alicyclic amines) is 1. The van der Waals surface area contributed by atoms with Gasteiger partial charge in [-0.25, -0.2) is 0 Å². The van der Waals surface area contributed by atoms with Gasteiger partial charge in [-0.15, -0.1) is 0 Å². The lowest BCUT2D eigenvalue weighted by atomic mass is 9.95. The molecule has 0 spiro atoms. The summed E-state index contributed by atoms with van der Waals surface area (Å²) in [6, 6.07) is 12.1. The van der Waals surface area contributed by atoms with Crippen LogP contribution in [-0.2, 0) is 16.1 Å². The monoisotopic (exact) mass is 355 g/mol. The Kier molecular flexibility index (Phi) is 5.32. The van der Waals surface area contributed by atoms with Crippen LogP contribution in [0.5, 0.6) is 0 Å². The van der Waals surface area contributed by atoms with E-state index in [0.29, 0.717) is 19.1 Å². The lowest BCUT2D eigenvalue weighted by molar-refractivity contribution is -0.141. The minimum absolute atomic E-state index is 0.152. The minimum atomic E-state index is 0.152. The Labute approximate surface area is 153 Å². The van der Waals surface area contributed by atoms with E-state index >= 15 is 0 Å². The number of nitrogens with zero attached hydrogens (tertiary/aromatic N) is 3. The fraction of sp³-hybridized carbons (Fsp3) is 0.500. The second kappa shape index (κ2) is 8.01. The Morgan fingerprint density at radius 2 is 1.81 bits per heavy atom. The third-order valence-corrected chi connectivity index (χ3v) is 5.27. The number of hydrogen-bond donors (Lipinski definition) is 0. The molecule has 0 N–H and O–H groups in total. The van der Waals surface area contributed by atoms with Gasteiger partial charge in [0, 0.05) is 30.6 Å². The Balaban J connectivity index is 1.29. The predicted octanol–water partition coefficient (Wildman–Crippen LogP) is 2.41. The van der Waals surface area contributed by atoms with Crippen LogP contribution in [0, 0.1) is 5.92 Å². The molecular weight excluding hydrogens is 330 g/mol. The van der Waals surface area contributed by atoms with E-state index in [1.807, 2.05) is 41.3 Å². The molecule has 0 atom stereocenters. The van der Waals surface area contributed by atoms with Crippen molar-refractivity contribution in [2.45, 2.75) is 19.4 Å². The number of benzene rings is 1. The van der Waals surface area contributed by atoms with Crippen LogP contribution in [0.4, 0.5) is 0 Å². The molecule has 0 aliphatic carbocycles. The summed E-state index contributed by atoms with van der Waals surface area (Å²) < 4.78 is 10.8. The summed E-state index contributed by atoms with van der Waals surface area (Å²) >= 11 is 0. The van der Waals surface area contributed by atoms with Crippen molar-refractivity contribution in [3.05, 3.63) is 42.2 Å². The highest BCUT2D eigenvalue weighted by atomic mass is 16.5. The number of aromatic nitrogens is 1. The summed E-state index contributed by atoms with van der Waals surface area (Å²) in [5.74, 6) is 1.33. The third kappa shape index (κ3) is 3.97. The van der Waals surface area contributed by atoms with Gasteiger partial charge in [0.25, 0.3) is 0 Å². The van der Waals surface area contributed by atoms with Crippen molar-refractivity contribution in [2.24, 2.45) is 5.92 Å². The zero-order valence-electron chi connectivity index (χ0n) is 15.0. The first-order valence-corrected chi connectivity index (χ1v) is 9.39. The molecule has 26 heavy (non-hydrogen) atoms. The molecule has 1 aromatic carbocycles. The highest BCUT2D eigenvalue weighted by Gasteiger charge is 2.29. The van der Waals surface area contributed by atoms with E-state index < -0.39 is 0 Å². The van der Waals surface area contributed by atoms with Crippen LogP contribution < -0.4 is 0 Å². The van der Waals surface area contributed by atoms with E-state index in [-0.39, 0.29) is 5.92 Å². The Hall–Kier alpha value is -2.18. The number of rotatable bonds is 4. The van der Waals surface area contributed by atoms with E-state index in [1.54, 1.807) is 0 Å². The van der Waals surface area contributed by atoms with Crippen molar-refractivity contribution in [2.75, 3.05) is 39.4 Å². The zero-order chi connectivity index (χ0) is 17.8. The van der Waals surface area contributed by atoms with Crippen molar-refractivity contribution in [3.63, 3.8) is 0 Å². The van der Waals surface area contributed by atoms with E-state index in [4.69, 9.17) is 9.26 Å². The summed E-state index contributed by atoms with van der Waals surface area (Å²) in [6.07, 6.45) is 1.83. The predicted molar refractivity (Wildman–Crippen MR) is 97.3 cm³/mol. The normalized spacial score (nSPS) is 19.6. The van der Waals surface area contributed by atoms with Crippen molar-refractivity contribution in [3.8, 4) is 11.3 Å². The van der Waals surface area contributed by atoms with Gasteiger partial charge in [0.15, 0.2) is 5.76 Å². The second-order valence-electron chi connectivity index (χ2n) is 7.03. The minimum Gasteiger partial charge on any atom is -0.378 e. The molecule has 2 aromatic rings. The number of amides is 1. The van der Waals surface area contributed by atoms with Crippen molar-refractivity contribution in [1.29, 1.82) is 0 Å². The molecule has 1 aromatic heterocycles. The molecule has 3 heterocycles. The highest BCUT2D eigenvalue weighted by Crippen LogP contribution is 2.23. The highest BCUT2D eigenvalue weighted by molar-refractivity contribution is 5.79. The molecule has 2 fully saturated rings. The first kappa shape index (κ1) is 17.2. The second-order valence-corrected chi connectivity index (χ2v) is 7.03. The Morgan fingerprint density at radius 1 is 1.08 bits per heavy atom. The average Bonchev–Trinajstić information content (AvgIpc) is 3.18. The van der Waals surface area contributed by atoms with Crippen LogP contribution >= 0.6 is 0 Å². The van der Waals surface area contributed by atoms with E-state index in [2.05, 4.69) is 10.1 Å². The van der Waals surface area contributed by atoms with Crippen molar-refractivity contribution in [1.82, 2.24) is 15.0 Å². The molecular formula is C20H25N3O3. The van der Waals surface area contributed by atoms with Crippen LogP contribution in [0.3, 0.4) is 0 Å². The topological polar surface area (TPSA) is 58.8 Å². The molecule has 0 unspecified atom stereocenters. The smallest absolute Gasteiger partial charge is 0.225 e. The summed E-state index contributed by atoms with van der Waals surface area (Å²) in [6.45, 7) is 5.39. The number of carbonyl (C=O) groups is 1. The van der Waals surface area contributed by atoms with Crippen LogP contribution in [0.1, 0.15) is 18.6 Å². The number of carbonyl (C=O) groups excluding carboxylic acids is 1. The molecule has 6 heteroatoms. The summed E-state index contributed by atoms with van der Waals surface area (Å²) in [5.41, 5.74) is 1.94. The van der Waals surface area contributed by atoms with E-state index in [0.717, 1.165) is 62.6 Å². The summed E-state index contributed by atoms with van der Waals surface area (Å²) in [5, 5.41) is 4.18. The van der Waals surface area contributed by atoms with Gasteiger partial charge < -0.3 is 14.2 Å². The molecule has 2 saturated heterocycles. The van der Waals surface area contributed by atoms with E-state index in [1.165, 1.54) is 0 Å². The molecule has 4 rings (SSSR count). The molecule has 0 bridgehead atoms. The fourth-order valence-corrected chi connectivity index (χ4v) is 3.73. The van der Waals surface area contributed by atoms with Crippen LogP contribution in [-0.4, -0.2) is 60.3 Å². The first-order valence-electron chi connectivity index (χ1n) is 9.39. The number of piperidine rings is 1. The Bertz CT molecular complexity index is 717. The maximum Gasteiger partial charge on any atom is 0.225 e. The summed E-state index contributed by atoms with van der Waals surface area (Å²) in [4.78, 5) is 16.9. The van der Waals surface area contributed by atoms with Gasteiger partial charge in [-0.3, -0.25) is 9.69 Å². The number of morpholine rings is 1. The van der Waals surface area contributed by atoms with Crippen LogP contribution in [0.25, 0.3) is 11.3 Å². The van der Waals surface area contributed by atoms with Gasteiger partial charge in [0.1, 0.15) is 5.69 Å². The van der Waals surface area contributed by atoms with Gasteiger partial charge in [-0.2, -0.15) is 0 Å². The SMILES string of the molecule is O=C(C1CCN(Cc2cc(-c3ccccc3)no2)CC1)N1CCOCC1. The van der Waals surface area contributed by atoms with Crippen LogP contribution in [0.15, 0.2) is 40.9 Å². The average molecular weight is 355 g/mol. The molecule has 2 aliphatic heterocycles. The van der Waals surface area contributed by atoms with E-state index in [9.17, 15) is 4.79 Å². The number of ether oxygens (including phenoxy) is 1. The lowest BCUT2D eigenvalue weighted by Crippen LogP contribution is -2.46. The van der Waals surface area contributed by atoms with Gasteiger partial charge in [-0.05, 0) is 25.9 Å². The lowest BCUT2D eigenvalue weighted by Gasteiger charge is -2.35. The first-order chi connectivity index (χ1) is 12.8. The Morgan fingerprint density at radius 3 is 2.54 bits per heavy atom. The van der Waals surface area contributed by atoms with Crippen molar-refractivity contribution < 1.29 is 14.1 Å². The van der Waals surface area contributed by atoms with Crippen molar-refractivity contribution >= 4 is 5.91 Å². The molecule has 138 valence electrons. The quantitative estimate of drug-likeness (QED) is 0.843. The molecule has 0 radical (unpaired) electrons. The van der Waals surface area contributed by atoms with Gasteiger partial charge in [0.05, 0.1) is 19.8 Å². The third-order valence-electron chi connectivity index (χ3n) is 5.27. The zero-order valence-corrected chi connectivity index (χ0v) is 15.0. The largest absolute Gasteiger partial charge is 0.378 e. The van der Waals surface area contributed by atoms with Gasteiger partial charge in [-0.1, -0.05) is 35.5 Å². The number of hydrogen-bond acceptors (Lipinski definition) is 5. The standard InChI is InChI=1S/C20H25N3O3/c24-20(23-10-12-25-13-11-23)17-6-8-22(9-7-17)15-18-14-19(21-26-18)16-4-2-1-3-5-16/h1-5,14,17H,6-13,15H2. The fourth-order valence-electron chi connectivity index (χ4n) is 3.73. The maximum atomic E-state index is 12.6. The summed E-state index contributed by atoms with van der Waals surface area (Å²) in [7, 11) is 0.